The van der Waals surface area contributed by atoms with Crippen LogP contribution in [0.4, 0.5) is 5.82 Å². The summed E-state index contributed by atoms with van der Waals surface area (Å²) in [6.07, 6.45) is 5.97. The highest BCUT2D eigenvalue weighted by molar-refractivity contribution is 5.34. The summed E-state index contributed by atoms with van der Waals surface area (Å²) in [7, 11) is 1.95. The molecule has 3 nitrogen and oxygen atoms in total. The van der Waals surface area contributed by atoms with Gasteiger partial charge in [0.2, 0.25) is 0 Å². The molecule has 0 spiro atoms. The van der Waals surface area contributed by atoms with Gasteiger partial charge in [-0.05, 0) is 18.8 Å². The van der Waals surface area contributed by atoms with E-state index in [2.05, 4.69) is 17.3 Å². The Morgan fingerprint density at radius 3 is 2.92 bits per heavy atom. The van der Waals surface area contributed by atoms with E-state index >= 15 is 0 Å². The second-order valence-corrected chi connectivity index (χ2v) is 4.03. The molecule has 1 N–H and O–H groups in total. The molecule has 1 aliphatic carbocycles. The number of hydrogen-bond donors (Lipinski definition) is 1. The van der Waals surface area contributed by atoms with E-state index in [4.69, 9.17) is 0 Å². The minimum atomic E-state index is 0.634. The van der Waals surface area contributed by atoms with Crippen molar-refractivity contribution in [3.05, 3.63) is 12.3 Å². The molecule has 0 radical (unpaired) electrons. The zero-order valence-electron chi connectivity index (χ0n) is 8.33. The first-order chi connectivity index (χ1) is 6.25. The molecule has 1 aliphatic rings. The first-order valence-corrected chi connectivity index (χ1v) is 5.02. The van der Waals surface area contributed by atoms with Crippen molar-refractivity contribution in [2.24, 2.45) is 13.0 Å². The van der Waals surface area contributed by atoms with E-state index < -0.39 is 0 Å². The van der Waals surface area contributed by atoms with Crippen LogP contribution in [0, 0.1) is 5.92 Å². The smallest absolute Gasteiger partial charge is 0.148 e. The molecule has 0 saturated heterocycles. The van der Waals surface area contributed by atoms with Crippen LogP contribution in [0.3, 0.4) is 0 Å². The fourth-order valence-electron chi connectivity index (χ4n) is 2.04. The van der Waals surface area contributed by atoms with Crippen molar-refractivity contribution < 1.29 is 0 Å². The number of nitrogens with one attached hydrogen (secondary N) is 1. The molecule has 3 heteroatoms. The van der Waals surface area contributed by atoms with Crippen molar-refractivity contribution in [2.45, 2.75) is 32.2 Å². The summed E-state index contributed by atoms with van der Waals surface area (Å²) in [5.74, 6) is 1.81. The van der Waals surface area contributed by atoms with Crippen LogP contribution in [0.5, 0.6) is 0 Å². The van der Waals surface area contributed by atoms with Crippen molar-refractivity contribution in [1.29, 1.82) is 0 Å². The Morgan fingerprint density at radius 1 is 1.54 bits per heavy atom. The van der Waals surface area contributed by atoms with Crippen LogP contribution >= 0.6 is 0 Å². The van der Waals surface area contributed by atoms with E-state index in [0.717, 1.165) is 11.7 Å². The lowest BCUT2D eigenvalue weighted by Crippen LogP contribution is -2.22. The largest absolute Gasteiger partial charge is 0.366 e. The number of nitrogens with zero attached hydrogens (tertiary/aromatic N) is 2. The van der Waals surface area contributed by atoms with Gasteiger partial charge in [-0.1, -0.05) is 13.3 Å². The molecule has 2 atom stereocenters. The average Bonchev–Trinajstić information content (AvgIpc) is 2.64. The van der Waals surface area contributed by atoms with Gasteiger partial charge in [0.1, 0.15) is 5.82 Å². The van der Waals surface area contributed by atoms with Crippen LogP contribution in [-0.4, -0.2) is 15.8 Å². The van der Waals surface area contributed by atoms with E-state index in [0.29, 0.717) is 6.04 Å². The maximum absolute atomic E-state index is 4.31. The third-order valence-electron chi connectivity index (χ3n) is 2.91. The van der Waals surface area contributed by atoms with Gasteiger partial charge in [0.25, 0.3) is 0 Å². The van der Waals surface area contributed by atoms with Crippen LogP contribution in [0.1, 0.15) is 26.2 Å². The summed E-state index contributed by atoms with van der Waals surface area (Å²) in [6, 6.07) is 2.67. The van der Waals surface area contributed by atoms with Gasteiger partial charge in [-0.25, -0.2) is 0 Å². The Hall–Kier alpha value is -0.990. The Balaban J connectivity index is 1.97. The Labute approximate surface area is 79.1 Å². The number of hydrogen-bond acceptors (Lipinski definition) is 2. The summed E-state index contributed by atoms with van der Waals surface area (Å²) >= 11 is 0. The number of aromatic nitrogens is 2. The van der Waals surface area contributed by atoms with Crippen molar-refractivity contribution in [3.63, 3.8) is 0 Å². The highest BCUT2D eigenvalue weighted by atomic mass is 15.3. The molecule has 0 unspecified atom stereocenters. The van der Waals surface area contributed by atoms with Gasteiger partial charge in [0.15, 0.2) is 0 Å². The van der Waals surface area contributed by atoms with Gasteiger partial charge in [-0.3, -0.25) is 4.68 Å². The molecule has 0 bridgehead atoms. The quantitative estimate of drug-likeness (QED) is 0.752. The first-order valence-electron chi connectivity index (χ1n) is 5.02. The fraction of sp³-hybridized carbons (Fsp3) is 0.700. The van der Waals surface area contributed by atoms with Gasteiger partial charge in [0.05, 0.1) is 0 Å². The Morgan fingerprint density at radius 2 is 2.38 bits per heavy atom. The first kappa shape index (κ1) is 8.60. The normalized spacial score (nSPS) is 27.8. The van der Waals surface area contributed by atoms with Crippen LogP contribution < -0.4 is 5.32 Å². The second-order valence-electron chi connectivity index (χ2n) is 4.03. The topological polar surface area (TPSA) is 29.9 Å². The van der Waals surface area contributed by atoms with Crippen molar-refractivity contribution >= 4 is 5.82 Å². The standard InChI is InChI=1S/C10H17N3/c1-8-4-3-5-9(8)11-10-6-7-13(2)12-10/h6-9H,3-5H2,1-2H3,(H,11,12)/t8-,9-/m1/s1. The fourth-order valence-corrected chi connectivity index (χ4v) is 2.04. The predicted molar refractivity (Wildman–Crippen MR) is 53.6 cm³/mol. The minimum Gasteiger partial charge on any atom is -0.366 e. The van der Waals surface area contributed by atoms with E-state index in [9.17, 15) is 0 Å². The summed E-state index contributed by atoms with van der Waals surface area (Å²) in [5, 5.41) is 7.79. The zero-order chi connectivity index (χ0) is 9.26. The van der Waals surface area contributed by atoms with Crippen molar-refractivity contribution in [2.75, 3.05) is 5.32 Å². The molecule has 1 saturated carbocycles. The minimum absolute atomic E-state index is 0.634. The molecule has 1 aromatic rings. The maximum Gasteiger partial charge on any atom is 0.148 e. The van der Waals surface area contributed by atoms with E-state index in [1.165, 1.54) is 19.3 Å². The van der Waals surface area contributed by atoms with E-state index in [1.807, 2.05) is 24.0 Å². The lowest BCUT2D eigenvalue weighted by atomic mass is 10.1. The molecule has 1 fully saturated rings. The van der Waals surface area contributed by atoms with Crippen LogP contribution in [0.2, 0.25) is 0 Å². The summed E-state index contributed by atoms with van der Waals surface area (Å²) in [4.78, 5) is 0. The molecule has 1 heterocycles. The molecule has 0 aliphatic heterocycles. The van der Waals surface area contributed by atoms with Crippen molar-refractivity contribution in [3.8, 4) is 0 Å². The Kier molecular flexibility index (Phi) is 2.25. The predicted octanol–water partition coefficient (Wildman–Crippen LogP) is 2.02. The molecule has 72 valence electrons. The van der Waals surface area contributed by atoms with E-state index in [-0.39, 0.29) is 0 Å². The number of rotatable bonds is 2. The SMILES string of the molecule is C[C@@H]1CCC[C@H]1Nc1ccn(C)n1. The highest BCUT2D eigenvalue weighted by Crippen LogP contribution is 2.27. The molecule has 1 aromatic heterocycles. The van der Waals surface area contributed by atoms with Gasteiger partial charge in [0, 0.05) is 25.4 Å². The van der Waals surface area contributed by atoms with Gasteiger partial charge >= 0.3 is 0 Å². The molecular weight excluding hydrogens is 162 g/mol. The van der Waals surface area contributed by atoms with Crippen molar-refractivity contribution in [1.82, 2.24) is 9.78 Å². The zero-order valence-corrected chi connectivity index (χ0v) is 8.33. The highest BCUT2D eigenvalue weighted by Gasteiger charge is 2.23. The monoisotopic (exact) mass is 179 g/mol. The second kappa shape index (κ2) is 3.40. The summed E-state index contributed by atoms with van der Waals surface area (Å²) < 4.78 is 1.84. The van der Waals surface area contributed by atoms with Gasteiger partial charge in [-0.15, -0.1) is 0 Å². The van der Waals surface area contributed by atoms with Gasteiger partial charge < -0.3 is 5.32 Å². The lowest BCUT2D eigenvalue weighted by molar-refractivity contribution is 0.553. The molecule has 0 aromatic carbocycles. The summed E-state index contributed by atoms with van der Waals surface area (Å²) in [6.45, 7) is 2.31. The lowest BCUT2D eigenvalue weighted by Gasteiger charge is -2.16. The van der Waals surface area contributed by atoms with Crippen LogP contribution in [0.25, 0.3) is 0 Å². The summed E-state index contributed by atoms with van der Waals surface area (Å²) in [5.41, 5.74) is 0. The molecule has 2 rings (SSSR count). The molecular formula is C10H17N3. The maximum atomic E-state index is 4.31. The third kappa shape index (κ3) is 1.85. The third-order valence-corrected chi connectivity index (χ3v) is 2.91. The van der Waals surface area contributed by atoms with Crippen LogP contribution in [-0.2, 0) is 7.05 Å². The number of anilines is 1. The molecule has 0 amide bonds. The number of aryl methyl sites for hydroxylation is 1. The van der Waals surface area contributed by atoms with Crippen LogP contribution in [0.15, 0.2) is 12.3 Å². The van der Waals surface area contributed by atoms with E-state index in [1.54, 1.807) is 0 Å². The molecule has 13 heavy (non-hydrogen) atoms. The Bertz CT molecular complexity index is 279. The average molecular weight is 179 g/mol. The van der Waals surface area contributed by atoms with Gasteiger partial charge in [-0.2, -0.15) is 5.10 Å².